The van der Waals surface area contributed by atoms with Crippen molar-refractivity contribution in [3.8, 4) is 39.7 Å². The van der Waals surface area contributed by atoms with E-state index in [1.54, 1.807) is 12.4 Å². The average molecular weight is 512 g/mol. The smallest absolute Gasteiger partial charge is 0.494 e. The Labute approximate surface area is 217 Å². The first kappa shape index (κ1) is 23.9. The number of pyridine rings is 3. The molecule has 6 rings (SSSR count). The van der Waals surface area contributed by atoms with Crippen LogP contribution in [0.5, 0.6) is 5.75 Å². The summed E-state index contributed by atoms with van der Waals surface area (Å²) in [5, 5.41) is 0. The Balaban J connectivity index is 1.16. The first-order valence-corrected chi connectivity index (χ1v) is 14.6. The van der Waals surface area contributed by atoms with E-state index >= 15 is 0 Å². The molecule has 0 saturated carbocycles. The summed E-state index contributed by atoms with van der Waals surface area (Å²) in [7, 11) is -2.51. The lowest BCUT2D eigenvalue weighted by Gasteiger charge is -2.26. The van der Waals surface area contributed by atoms with E-state index in [9.17, 15) is 0 Å². The van der Waals surface area contributed by atoms with Crippen molar-refractivity contribution in [1.29, 1.82) is 0 Å². The molecule has 2 fully saturated rings. The van der Waals surface area contributed by atoms with Gasteiger partial charge in [-0.15, -0.1) is 0 Å². The van der Waals surface area contributed by atoms with Gasteiger partial charge in [0, 0.05) is 18.4 Å². The van der Waals surface area contributed by atoms with Crippen LogP contribution in [-0.2, 0) is 13.3 Å². The van der Waals surface area contributed by atoms with Crippen molar-refractivity contribution >= 4 is 8.80 Å². The molecule has 4 aromatic rings. The van der Waals surface area contributed by atoms with Crippen LogP contribution in [0.25, 0.3) is 33.9 Å². The Morgan fingerprint density at radius 3 is 1.89 bits per heavy atom. The maximum atomic E-state index is 6.11. The summed E-state index contributed by atoms with van der Waals surface area (Å²) in [5.74, 6) is 0.826. The third-order valence-corrected chi connectivity index (χ3v) is 9.79. The zero-order valence-corrected chi connectivity index (χ0v) is 21.9. The van der Waals surface area contributed by atoms with E-state index in [-0.39, 0.29) is 18.3 Å². The molecular weight excluding hydrogens is 482 g/mol. The molecule has 5 heterocycles. The predicted molar refractivity (Wildman–Crippen MR) is 143 cm³/mol. The topological polar surface area (TPSA) is 75.6 Å². The largest absolute Gasteiger partial charge is 0.502 e. The van der Waals surface area contributed by atoms with Crippen molar-refractivity contribution in [3.63, 3.8) is 0 Å². The minimum Gasteiger partial charge on any atom is -0.494 e. The van der Waals surface area contributed by atoms with E-state index in [2.05, 4.69) is 48.1 Å². The molecule has 0 spiro atoms. The third kappa shape index (κ3) is 5.06. The Hall–Kier alpha value is -3.43. The molecule has 7 nitrogen and oxygen atoms in total. The first-order valence-electron chi connectivity index (χ1n) is 12.7. The van der Waals surface area contributed by atoms with E-state index in [0.717, 1.165) is 52.1 Å². The fourth-order valence-electron chi connectivity index (χ4n) is 4.95. The Bertz CT molecular complexity index is 1290. The minimum absolute atomic E-state index is 0.0738. The molecule has 0 radical (unpaired) electrons. The van der Waals surface area contributed by atoms with Crippen molar-refractivity contribution in [2.75, 3.05) is 6.61 Å². The molecule has 2 bridgehead atoms. The molecule has 2 aliphatic heterocycles. The van der Waals surface area contributed by atoms with Crippen LogP contribution in [-0.4, -0.2) is 48.7 Å². The Morgan fingerprint density at radius 1 is 0.730 bits per heavy atom. The standard InChI is InChI=1S/C29H29N3O4Si/c1-20-29-21(2)35-37(34-20,36-29)17-7-16-33-24-12-10-22(11-13-24)23-18-27(25-8-3-5-14-30-25)32-28(19-23)26-9-4-6-15-31-26/h3-6,8-15,18-21,29H,7,16-17H2,1-2H3. The maximum Gasteiger partial charge on any atom is 0.502 e. The molecule has 3 aromatic heterocycles. The molecular formula is C29H29N3O4Si. The molecule has 2 aliphatic rings. The average Bonchev–Trinajstić information content (AvgIpc) is 3.45. The number of fused-ring (bicyclic) bond motifs is 2. The van der Waals surface area contributed by atoms with Gasteiger partial charge in [0.05, 0.1) is 47.7 Å². The highest BCUT2D eigenvalue weighted by Gasteiger charge is 2.60. The van der Waals surface area contributed by atoms with Crippen LogP contribution in [0, 0.1) is 0 Å². The predicted octanol–water partition coefficient (Wildman–Crippen LogP) is 5.80. The van der Waals surface area contributed by atoms with Gasteiger partial charge >= 0.3 is 8.80 Å². The van der Waals surface area contributed by atoms with E-state index < -0.39 is 8.80 Å². The van der Waals surface area contributed by atoms with Gasteiger partial charge in [0.25, 0.3) is 0 Å². The van der Waals surface area contributed by atoms with Gasteiger partial charge in [0.2, 0.25) is 0 Å². The molecule has 1 aromatic carbocycles. The van der Waals surface area contributed by atoms with Crippen molar-refractivity contribution in [1.82, 2.24) is 15.0 Å². The molecule has 0 amide bonds. The van der Waals surface area contributed by atoms with E-state index in [4.69, 9.17) is 23.0 Å². The number of benzene rings is 1. The lowest BCUT2D eigenvalue weighted by molar-refractivity contribution is 0.0402. The summed E-state index contributed by atoms with van der Waals surface area (Å²) < 4.78 is 24.2. The van der Waals surface area contributed by atoms with Gasteiger partial charge < -0.3 is 18.0 Å². The minimum atomic E-state index is -2.51. The number of hydrogen-bond donors (Lipinski definition) is 0. The van der Waals surface area contributed by atoms with Gasteiger partial charge in [-0.2, -0.15) is 0 Å². The van der Waals surface area contributed by atoms with E-state index in [0.29, 0.717) is 6.61 Å². The van der Waals surface area contributed by atoms with Crippen molar-refractivity contribution < 1.29 is 18.0 Å². The number of rotatable bonds is 8. The third-order valence-electron chi connectivity index (χ3n) is 6.74. The summed E-state index contributed by atoms with van der Waals surface area (Å²) in [6.45, 7) is 4.72. The van der Waals surface area contributed by atoms with Crippen LogP contribution >= 0.6 is 0 Å². The van der Waals surface area contributed by atoms with Crippen LogP contribution in [0.2, 0.25) is 6.04 Å². The summed E-state index contributed by atoms with van der Waals surface area (Å²) in [4.78, 5) is 13.8. The second-order valence-electron chi connectivity index (χ2n) is 9.44. The summed E-state index contributed by atoms with van der Waals surface area (Å²) in [6.07, 6.45) is 4.70. The summed E-state index contributed by atoms with van der Waals surface area (Å²) >= 11 is 0. The number of hydrogen-bond acceptors (Lipinski definition) is 7. The highest BCUT2D eigenvalue weighted by atomic mass is 28.4. The molecule has 2 unspecified atom stereocenters. The van der Waals surface area contributed by atoms with Gasteiger partial charge in [-0.25, -0.2) is 4.98 Å². The number of aromatic nitrogens is 3. The fourth-order valence-corrected chi connectivity index (χ4v) is 8.25. The van der Waals surface area contributed by atoms with Gasteiger partial charge in [-0.05, 0) is 79.9 Å². The second-order valence-corrected chi connectivity index (χ2v) is 12.0. The fraction of sp³-hybridized carbons (Fsp3) is 0.276. The van der Waals surface area contributed by atoms with E-state index in [1.165, 1.54) is 0 Å². The van der Waals surface area contributed by atoms with Gasteiger partial charge in [0.15, 0.2) is 0 Å². The lowest BCUT2D eigenvalue weighted by Crippen LogP contribution is -2.44. The van der Waals surface area contributed by atoms with Crippen LogP contribution in [0.3, 0.4) is 0 Å². The lowest BCUT2D eigenvalue weighted by atomic mass is 10.0. The van der Waals surface area contributed by atoms with Crippen molar-refractivity contribution in [2.45, 2.75) is 44.6 Å². The number of nitrogens with zero attached hydrogens (tertiary/aromatic N) is 3. The molecule has 0 N–H and O–H groups in total. The Kier molecular flexibility index (Phi) is 6.56. The highest BCUT2D eigenvalue weighted by Crippen LogP contribution is 2.40. The number of ether oxygens (including phenoxy) is 1. The SMILES string of the molecule is CC1O[Si]2(CCCOc3ccc(-c4cc(-c5ccccn5)nc(-c5ccccn5)c4)cc3)OC(C)C1O2. The summed E-state index contributed by atoms with van der Waals surface area (Å²) in [6, 6.07) is 24.7. The molecule has 188 valence electrons. The van der Waals surface area contributed by atoms with E-state index in [1.807, 2.05) is 48.5 Å². The van der Waals surface area contributed by atoms with Crippen LogP contribution in [0.15, 0.2) is 85.2 Å². The zero-order chi connectivity index (χ0) is 25.2. The normalized spacial score (nSPS) is 24.3. The molecule has 2 saturated heterocycles. The Morgan fingerprint density at radius 2 is 1.35 bits per heavy atom. The molecule has 0 aliphatic carbocycles. The van der Waals surface area contributed by atoms with Crippen LogP contribution < -0.4 is 4.74 Å². The molecule has 8 heteroatoms. The van der Waals surface area contributed by atoms with Crippen LogP contribution in [0.1, 0.15) is 20.3 Å². The molecule has 2 atom stereocenters. The maximum absolute atomic E-state index is 6.11. The van der Waals surface area contributed by atoms with Gasteiger partial charge in [-0.3, -0.25) is 9.97 Å². The highest BCUT2D eigenvalue weighted by molar-refractivity contribution is 6.62. The second kappa shape index (κ2) is 10.1. The monoisotopic (exact) mass is 511 g/mol. The quantitative estimate of drug-likeness (QED) is 0.218. The zero-order valence-electron chi connectivity index (χ0n) is 20.9. The van der Waals surface area contributed by atoms with Gasteiger partial charge in [0.1, 0.15) is 5.75 Å². The molecule has 37 heavy (non-hydrogen) atoms. The first-order chi connectivity index (χ1) is 18.1. The van der Waals surface area contributed by atoms with Crippen molar-refractivity contribution in [2.24, 2.45) is 0 Å². The van der Waals surface area contributed by atoms with Gasteiger partial charge in [-0.1, -0.05) is 24.3 Å². The van der Waals surface area contributed by atoms with Crippen LogP contribution in [0.4, 0.5) is 0 Å². The summed E-state index contributed by atoms with van der Waals surface area (Å²) in [5.41, 5.74) is 5.36. The van der Waals surface area contributed by atoms with Crippen molar-refractivity contribution in [3.05, 3.63) is 85.2 Å².